The standard InChI is InChI=1S/C13H26O4/c1-3-6-11(2)7-4-5-8-13(16)17-10-12(15)9-14/h11-12,14-15H,3-10H2,1-2H3. The number of unbranched alkanes of at least 4 members (excludes halogenated alkanes) is 1. The Balaban J connectivity index is 3.39. The Kier molecular flexibility index (Phi) is 10.2. The van der Waals surface area contributed by atoms with Crippen molar-refractivity contribution in [2.75, 3.05) is 13.2 Å². The number of carbonyl (C=O) groups excluding carboxylic acids is 1. The molecule has 0 rings (SSSR count). The van der Waals surface area contributed by atoms with E-state index >= 15 is 0 Å². The van der Waals surface area contributed by atoms with E-state index in [1.165, 1.54) is 12.8 Å². The molecule has 0 amide bonds. The van der Waals surface area contributed by atoms with Crippen molar-refractivity contribution < 1.29 is 19.7 Å². The van der Waals surface area contributed by atoms with Gasteiger partial charge in [-0.1, -0.05) is 39.5 Å². The third-order valence-electron chi connectivity index (χ3n) is 2.76. The van der Waals surface area contributed by atoms with Crippen molar-refractivity contribution in [2.45, 2.75) is 58.5 Å². The van der Waals surface area contributed by atoms with Crippen LogP contribution < -0.4 is 0 Å². The largest absolute Gasteiger partial charge is 0.463 e. The van der Waals surface area contributed by atoms with Gasteiger partial charge >= 0.3 is 5.97 Å². The second kappa shape index (κ2) is 10.5. The molecule has 2 unspecified atom stereocenters. The van der Waals surface area contributed by atoms with E-state index in [2.05, 4.69) is 13.8 Å². The highest BCUT2D eigenvalue weighted by Gasteiger charge is 2.08. The van der Waals surface area contributed by atoms with Crippen LogP contribution in [0.25, 0.3) is 0 Å². The maximum atomic E-state index is 11.2. The lowest BCUT2D eigenvalue weighted by molar-refractivity contribution is -0.147. The molecule has 0 aliphatic carbocycles. The summed E-state index contributed by atoms with van der Waals surface area (Å²) in [6.45, 7) is 3.93. The number of hydrogen-bond acceptors (Lipinski definition) is 4. The van der Waals surface area contributed by atoms with Gasteiger partial charge in [0.05, 0.1) is 6.61 Å². The molecule has 0 aromatic carbocycles. The Morgan fingerprint density at radius 2 is 2.00 bits per heavy atom. The second-order valence-electron chi connectivity index (χ2n) is 4.66. The minimum absolute atomic E-state index is 0.110. The van der Waals surface area contributed by atoms with Gasteiger partial charge in [-0.05, 0) is 12.3 Å². The average molecular weight is 246 g/mol. The predicted molar refractivity (Wildman–Crippen MR) is 66.6 cm³/mol. The van der Waals surface area contributed by atoms with Crippen LogP contribution in [0.4, 0.5) is 0 Å². The molecule has 4 heteroatoms. The first-order chi connectivity index (χ1) is 8.10. The van der Waals surface area contributed by atoms with E-state index in [4.69, 9.17) is 14.9 Å². The molecule has 0 aromatic rings. The Labute approximate surface area is 104 Å². The van der Waals surface area contributed by atoms with E-state index in [1.807, 2.05) is 0 Å². The number of ether oxygens (including phenoxy) is 1. The predicted octanol–water partition coefficient (Wildman–Crippen LogP) is 1.88. The molecule has 4 nitrogen and oxygen atoms in total. The molecule has 0 heterocycles. The summed E-state index contributed by atoms with van der Waals surface area (Å²) >= 11 is 0. The van der Waals surface area contributed by atoms with Gasteiger partial charge in [-0.25, -0.2) is 0 Å². The summed E-state index contributed by atoms with van der Waals surface area (Å²) < 4.78 is 4.80. The first kappa shape index (κ1) is 16.4. The van der Waals surface area contributed by atoms with Gasteiger partial charge in [0.1, 0.15) is 12.7 Å². The van der Waals surface area contributed by atoms with Crippen LogP contribution in [0.2, 0.25) is 0 Å². The Morgan fingerprint density at radius 1 is 1.29 bits per heavy atom. The van der Waals surface area contributed by atoms with Gasteiger partial charge in [-0.3, -0.25) is 4.79 Å². The summed E-state index contributed by atoms with van der Waals surface area (Å²) in [5.74, 6) is 0.438. The van der Waals surface area contributed by atoms with Crippen molar-refractivity contribution in [3.8, 4) is 0 Å². The zero-order chi connectivity index (χ0) is 13.1. The van der Waals surface area contributed by atoms with E-state index in [9.17, 15) is 4.79 Å². The first-order valence-corrected chi connectivity index (χ1v) is 6.54. The molecule has 0 aromatic heterocycles. The summed E-state index contributed by atoms with van der Waals surface area (Å²) in [6, 6.07) is 0. The topological polar surface area (TPSA) is 66.8 Å². The zero-order valence-electron chi connectivity index (χ0n) is 11.0. The van der Waals surface area contributed by atoms with Gasteiger partial charge in [0.25, 0.3) is 0 Å². The van der Waals surface area contributed by atoms with Crippen molar-refractivity contribution in [1.82, 2.24) is 0 Å². The van der Waals surface area contributed by atoms with Gasteiger partial charge in [-0.2, -0.15) is 0 Å². The van der Waals surface area contributed by atoms with E-state index in [0.717, 1.165) is 25.2 Å². The monoisotopic (exact) mass is 246 g/mol. The fourth-order valence-corrected chi connectivity index (χ4v) is 1.71. The van der Waals surface area contributed by atoms with Gasteiger partial charge in [0, 0.05) is 6.42 Å². The highest BCUT2D eigenvalue weighted by atomic mass is 16.5. The molecule has 102 valence electrons. The van der Waals surface area contributed by atoms with Crippen LogP contribution in [0.15, 0.2) is 0 Å². The van der Waals surface area contributed by atoms with Gasteiger partial charge in [-0.15, -0.1) is 0 Å². The molecule has 0 aliphatic heterocycles. The number of hydrogen-bond donors (Lipinski definition) is 2. The quantitative estimate of drug-likeness (QED) is 0.456. The van der Waals surface area contributed by atoms with Crippen LogP contribution in [0.1, 0.15) is 52.4 Å². The molecule has 2 atom stereocenters. The van der Waals surface area contributed by atoms with E-state index in [1.54, 1.807) is 0 Å². The zero-order valence-corrected chi connectivity index (χ0v) is 11.0. The molecule has 0 bridgehead atoms. The summed E-state index contributed by atoms with van der Waals surface area (Å²) in [4.78, 5) is 11.2. The second-order valence-corrected chi connectivity index (χ2v) is 4.66. The summed E-state index contributed by atoms with van der Waals surface area (Å²) in [5.41, 5.74) is 0. The number of esters is 1. The molecule has 0 fully saturated rings. The van der Waals surface area contributed by atoms with Crippen LogP contribution in [-0.2, 0) is 9.53 Å². The Hall–Kier alpha value is -0.610. The molecule has 17 heavy (non-hydrogen) atoms. The molecule has 0 saturated carbocycles. The number of carbonyl (C=O) groups is 1. The van der Waals surface area contributed by atoms with Crippen molar-refractivity contribution >= 4 is 5.97 Å². The SMILES string of the molecule is CCCC(C)CCCCC(=O)OCC(O)CO. The van der Waals surface area contributed by atoms with E-state index in [0.29, 0.717) is 6.42 Å². The smallest absolute Gasteiger partial charge is 0.305 e. The summed E-state index contributed by atoms with van der Waals surface area (Å²) in [7, 11) is 0. The molecular weight excluding hydrogens is 220 g/mol. The summed E-state index contributed by atoms with van der Waals surface area (Å²) in [6.07, 6.45) is 4.93. The Bertz CT molecular complexity index is 194. The molecule has 0 radical (unpaired) electrons. The van der Waals surface area contributed by atoms with Crippen LogP contribution >= 0.6 is 0 Å². The maximum Gasteiger partial charge on any atom is 0.305 e. The van der Waals surface area contributed by atoms with Crippen molar-refractivity contribution in [2.24, 2.45) is 5.92 Å². The van der Waals surface area contributed by atoms with Gasteiger partial charge < -0.3 is 14.9 Å². The van der Waals surface area contributed by atoms with Crippen LogP contribution in [0, 0.1) is 5.92 Å². The van der Waals surface area contributed by atoms with Crippen molar-refractivity contribution in [3.63, 3.8) is 0 Å². The van der Waals surface area contributed by atoms with Crippen LogP contribution in [0.3, 0.4) is 0 Å². The fourth-order valence-electron chi connectivity index (χ4n) is 1.71. The number of aliphatic hydroxyl groups is 2. The number of rotatable bonds is 10. The lowest BCUT2D eigenvalue weighted by Gasteiger charge is -2.10. The van der Waals surface area contributed by atoms with Gasteiger partial charge in [0.15, 0.2) is 0 Å². The molecule has 0 aliphatic rings. The average Bonchev–Trinajstić information content (AvgIpc) is 2.32. The van der Waals surface area contributed by atoms with Crippen LogP contribution in [-0.4, -0.2) is 35.5 Å². The molecule has 2 N–H and O–H groups in total. The maximum absolute atomic E-state index is 11.2. The number of aliphatic hydroxyl groups excluding tert-OH is 2. The highest BCUT2D eigenvalue weighted by Crippen LogP contribution is 2.14. The molecular formula is C13H26O4. The van der Waals surface area contributed by atoms with E-state index in [-0.39, 0.29) is 19.2 Å². The van der Waals surface area contributed by atoms with Gasteiger partial charge in [0.2, 0.25) is 0 Å². The lowest BCUT2D eigenvalue weighted by Crippen LogP contribution is -2.21. The van der Waals surface area contributed by atoms with Crippen LogP contribution in [0.5, 0.6) is 0 Å². The molecule has 0 saturated heterocycles. The third-order valence-corrected chi connectivity index (χ3v) is 2.76. The minimum atomic E-state index is -0.955. The summed E-state index contributed by atoms with van der Waals surface area (Å²) in [5, 5.41) is 17.5. The first-order valence-electron chi connectivity index (χ1n) is 6.54. The minimum Gasteiger partial charge on any atom is -0.463 e. The van der Waals surface area contributed by atoms with E-state index < -0.39 is 6.10 Å². The van der Waals surface area contributed by atoms with Crippen molar-refractivity contribution in [3.05, 3.63) is 0 Å². The Morgan fingerprint density at radius 3 is 2.59 bits per heavy atom. The highest BCUT2D eigenvalue weighted by molar-refractivity contribution is 5.69. The van der Waals surface area contributed by atoms with Crippen molar-refractivity contribution in [1.29, 1.82) is 0 Å². The normalized spacial score (nSPS) is 14.4. The lowest BCUT2D eigenvalue weighted by atomic mass is 9.99. The fraction of sp³-hybridized carbons (Fsp3) is 0.923. The molecule has 0 spiro atoms. The third kappa shape index (κ3) is 10.3.